The number of alkyl halides is 3. The van der Waals surface area contributed by atoms with Gasteiger partial charge in [0, 0.05) is 39.8 Å². The van der Waals surface area contributed by atoms with Crippen molar-refractivity contribution in [1.82, 2.24) is 15.1 Å². The summed E-state index contributed by atoms with van der Waals surface area (Å²) < 4.78 is 51.7. The standard InChI is InChI=1S/C16H22F4N4O/c1-11(16(18,19)20)23-5-7-24(8-6-23)15(21-2)22-10-12-3-4-14(25)13(17)9-12/h3-4,9,11,25H,5-8,10H2,1-2H3,(H,21,22). The minimum Gasteiger partial charge on any atom is -0.505 e. The van der Waals surface area contributed by atoms with Crippen LogP contribution in [-0.2, 0) is 6.54 Å². The Kier molecular flexibility index (Phi) is 6.10. The van der Waals surface area contributed by atoms with E-state index in [-0.39, 0.29) is 13.1 Å². The van der Waals surface area contributed by atoms with Gasteiger partial charge < -0.3 is 15.3 Å². The molecule has 1 fully saturated rings. The number of rotatable bonds is 3. The highest BCUT2D eigenvalue weighted by Gasteiger charge is 2.41. The van der Waals surface area contributed by atoms with Gasteiger partial charge in [-0.3, -0.25) is 9.89 Å². The molecule has 0 saturated carbocycles. The Balaban J connectivity index is 1.89. The summed E-state index contributed by atoms with van der Waals surface area (Å²) in [6.45, 7) is 2.88. The zero-order valence-electron chi connectivity index (χ0n) is 14.1. The van der Waals surface area contributed by atoms with Gasteiger partial charge in [0.15, 0.2) is 17.5 Å². The predicted molar refractivity (Wildman–Crippen MR) is 86.9 cm³/mol. The van der Waals surface area contributed by atoms with Crippen LogP contribution in [0.5, 0.6) is 5.75 Å². The monoisotopic (exact) mass is 362 g/mol. The van der Waals surface area contributed by atoms with Crippen LogP contribution in [0.25, 0.3) is 0 Å². The summed E-state index contributed by atoms with van der Waals surface area (Å²) in [5, 5.41) is 12.2. The molecular formula is C16H22F4N4O. The van der Waals surface area contributed by atoms with Crippen molar-refractivity contribution in [2.45, 2.75) is 25.7 Å². The molecule has 2 rings (SSSR count). The topological polar surface area (TPSA) is 51.1 Å². The lowest BCUT2D eigenvalue weighted by Gasteiger charge is -2.39. The van der Waals surface area contributed by atoms with Crippen molar-refractivity contribution in [2.75, 3.05) is 33.2 Å². The van der Waals surface area contributed by atoms with Gasteiger partial charge in [-0.25, -0.2) is 4.39 Å². The fraction of sp³-hybridized carbons (Fsp3) is 0.562. The van der Waals surface area contributed by atoms with Gasteiger partial charge in [0.25, 0.3) is 0 Å². The van der Waals surface area contributed by atoms with E-state index in [4.69, 9.17) is 0 Å². The van der Waals surface area contributed by atoms with Crippen molar-refractivity contribution < 1.29 is 22.7 Å². The number of aromatic hydroxyl groups is 1. The lowest BCUT2D eigenvalue weighted by Crippen LogP contribution is -2.56. The molecular weight excluding hydrogens is 340 g/mol. The summed E-state index contributed by atoms with van der Waals surface area (Å²) in [5.74, 6) is -0.570. The van der Waals surface area contributed by atoms with E-state index >= 15 is 0 Å². The molecule has 1 atom stereocenters. The van der Waals surface area contributed by atoms with Crippen molar-refractivity contribution in [3.8, 4) is 5.75 Å². The first-order chi connectivity index (χ1) is 11.7. The van der Waals surface area contributed by atoms with Crippen LogP contribution >= 0.6 is 0 Å². The molecule has 140 valence electrons. The van der Waals surface area contributed by atoms with Gasteiger partial charge >= 0.3 is 6.18 Å². The molecule has 1 heterocycles. The van der Waals surface area contributed by atoms with Gasteiger partial charge in [-0.1, -0.05) is 6.07 Å². The Morgan fingerprint density at radius 3 is 2.44 bits per heavy atom. The third-order valence-electron chi connectivity index (χ3n) is 4.31. The minimum atomic E-state index is -4.23. The first-order valence-corrected chi connectivity index (χ1v) is 7.96. The number of phenols is 1. The predicted octanol–water partition coefficient (Wildman–Crippen LogP) is 2.18. The second-order valence-corrected chi connectivity index (χ2v) is 5.93. The third kappa shape index (κ3) is 4.97. The Labute approximate surface area is 143 Å². The largest absolute Gasteiger partial charge is 0.505 e. The zero-order chi connectivity index (χ0) is 18.6. The number of benzene rings is 1. The van der Waals surface area contributed by atoms with Crippen LogP contribution in [0.4, 0.5) is 17.6 Å². The van der Waals surface area contributed by atoms with E-state index in [9.17, 15) is 22.7 Å². The van der Waals surface area contributed by atoms with E-state index in [1.807, 2.05) is 4.90 Å². The highest BCUT2D eigenvalue weighted by molar-refractivity contribution is 5.80. The number of nitrogens with one attached hydrogen (secondary N) is 1. The maximum atomic E-state index is 13.3. The molecule has 0 bridgehead atoms. The average molecular weight is 362 g/mol. The van der Waals surface area contributed by atoms with E-state index < -0.39 is 23.8 Å². The first-order valence-electron chi connectivity index (χ1n) is 7.96. The van der Waals surface area contributed by atoms with E-state index in [1.54, 1.807) is 13.1 Å². The van der Waals surface area contributed by atoms with Gasteiger partial charge in [-0.05, 0) is 24.6 Å². The van der Waals surface area contributed by atoms with Crippen molar-refractivity contribution in [1.29, 1.82) is 0 Å². The summed E-state index contributed by atoms with van der Waals surface area (Å²) >= 11 is 0. The number of guanidine groups is 1. The number of hydrogen-bond acceptors (Lipinski definition) is 3. The lowest BCUT2D eigenvalue weighted by molar-refractivity contribution is -0.181. The van der Waals surface area contributed by atoms with Crippen molar-refractivity contribution >= 4 is 5.96 Å². The molecule has 1 unspecified atom stereocenters. The number of hydrogen-bond donors (Lipinski definition) is 2. The van der Waals surface area contributed by atoms with Gasteiger partial charge in [0.2, 0.25) is 0 Å². The molecule has 0 spiro atoms. The summed E-state index contributed by atoms with van der Waals surface area (Å²) in [4.78, 5) is 7.41. The molecule has 1 aromatic rings. The number of piperazine rings is 1. The summed E-state index contributed by atoms with van der Waals surface area (Å²) in [5.41, 5.74) is 0.626. The molecule has 0 amide bonds. The smallest absolute Gasteiger partial charge is 0.403 e. The lowest BCUT2D eigenvalue weighted by atomic mass is 10.2. The molecule has 0 aliphatic carbocycles. The molecule has 0 aromatic heterocycles. The maximum Gasteiger partial charge on any atom is 0.403 e. The highest BCUT2D eigenvalue weighted by Crippen LogP contribution is 2.25. The van der Waals surface area contributed by atoms with Crippen molar-refractivity contribution in [3.05, 3.63) is 29.6 Å². The van der Waals surface area contributed by atoms with Gasteiger partial charge in [0.05, 0.1) is 0 Å². The van der Waals surface area contributed by atoms with Crippen molar-refractivity contribution in [3.63, 3.8) is 0 Å². The van der Waals surface area contributed by atoms with Crippen LogP contribution in [0.2, 0.25) is 0 Å². The van der Waals surface area contributed by atoms with Gasteiger partial charge in [-0.15, -0.1) is 0 Å². The summed E-state index contributed by atoms with van der Waals surface area (Å²) in [7, 11) is 1.59. The number of aliphatic imine (C=N–C) groups is 1. The average Bonchev–Trinajstić information content (AvgIpc) is 2.57. The Hall–Kier alpha value is -2.03. The second-order valence-electron chi connectivity index (χ2n) is 5.93. The Morgan fingerprint density at radius 1 is 1.28 bits per heavy atom. The van der Waals surface area contributed by atoms with E-state index in [2.05, 4.69) is 10.3 Å². The minimum absolute atomic E-state index is 0.287. The molecule has 0 radical (unpaired) electrons. The summed E-state index contributed by atoms with van der Waals surface area (Å²) in [6, 6.07) is 2.61. The molecule has 2 N–H and O–H groups in total. The SMILES string of the molecule is CN=C(NCc1ccc(O)c(F)c1)N1CCN(C(C)C(F)(F)F)CC1. The van der Waals surface area contributed by atoms with Gasteiger partial charge in [0.1, 0.15) is 6.04 Å². The normalized spacial score (nSPS) is 18.3. The van der Waals surface area contributed by atoms with E-state index in [1.165, 1.54) is 24.0 Å². The molecule has 5 nitrogen and oxygen atoms in total. The molecule has 1 aliphatic heterocycles. The molecule has 9 heteroatoms. The second kappa shape index (κ2) is 7.90. The van der Waals surface area contributed by atoms with Gasteiger partial charge in [-0.2, -0.15) is 13.2 Å². The fourth-order valence-electron chi connectivity index (χ4n) is 2.70. The Bertz CT molecular complexity index is 613. The molecule has 1 aliphatic rings. The maximum absolute atomic E-state index is 13.3. The van der Waals surface area contributed by atoms with Crippen LogP contribution in [0.1, 0.15) is 12.5 Å². The van der Waals surface area contributed by atoms with Crippen LogP contribution in [0, 0.1) is 5.82 Å². The van der Waals surface area contributed by atoms with Crippen molar-refractivity contribution in [2.24, 2.45) is 4.99 Å². The van der Waals surface area contributed by atoms with Crippen LogP contribution < -0.4 is 5.32 Å². The number of halogens is 4. The van der Waals surface area contributed by atoms with E-state index in [0.717, 1.165) is 0 Å². The summed E-state index contributed by atoms with van der Waals surface area (Å²) in [6.07, 6.45) is -4.23. The molecule has 1 aromatic carbocycles. The first kappa shape index (κ1) is 19.3. The number of phenolic OH excluding ortho intramolecular Hbond substituents is 1. The third-order valence-corrected chi connectivity index (χ3v) is 4.31. The van der Waals surface area contributed by atoms with Crippen LogP contribution in [0.3, 0.4) is 0 Å². The zero-order valence-corrected chi connectivity index (χ0v) is 14.1. The quantitative estimate of drug-likeness (QED) is 0.492. The molecule has 1 saturated heterocycles. The number of nitrogens with zero attached hydrogens (tertiary/aromatic N) is 3. The Morgan fingerprint density at radius 2 is 1.92 bits per heavy atom. The highest BCUT2D eigenvalue weighted by atomic mass is 19.4. The van der Waals surface area contributed by atoms with Crippen LogP contribution in [-0.4, -0.2) is 66.3 Å². The fourth-order valence-corrected chi connectivity index (χ4v) is 2.70. The van der Waals surface area contributed by atoms with Crippen LogP contribution in [0.15, 0.2) is 23.2 Å². The van der Waals surface area contributed by atoms with E-state index in [0.29, 0.717) is 31.2 Å². The molecule has 25 heavy (non-hydrogen) atoms.